The number of ether oxygens (including phenoxy) is 1. The van der Waals surface area contributed by atoms with Gasteiger partial charge in [0.15, 0.2) is 22.8 Å². The third-order valence-corrected chi connectivity index (χ3v) is 7.21. The topological polar surface area (TPSA) is 144 Å². The zero-order chi connectivity index (χ0) is 24.2. The molecular weight excluding hydrogens is 500 g/mol. The molecule has 1 aliphatic heterocycles. The maximum absolute atomic E-state index is 14.7. The van der Waals surface area contributed by atoms with Crippen molar-refractivity contribution in [2.24, 2.45) is 5.41 Å². The molecule has 11 nitrogen and oxygen atoms in total. The van der Waals surface area contributed by atoms with Crippen molar-refractivity contribution in [3.8, 4) is 0 Å². The number of aliphatic hydroxyl groups excluding tert-OH is 1. The van der Waals surface area contributed by atoms with E-state index in [1.807, 2.05) is 0 Å². The first kappa shape index (κ1) is 26.4. The molecule has 2 aromatic heterocycles. The van der Waals surface area contributed by atoms with Crippen LogP contribution in [0.5, 0.6) is 0 Å². The Labute approximate surface area is 200 Å². The van der Waals surface area contributed by atoms with E-state index in [0.29, 0.717) is 11.3 Å². The van der Waals surface area contributed by atoms with Crippen LogP contribution in [0.25, 0.3) is 11.2 Å². The Morgan fingerprint density at radius 2 is 2.24 bits per heavy atom. The van der Waals surface area contributed by atoms with Crippen molar-refractivity contribution in [1.82, 2.24) is 19.5 Å². The Hall–Kier alpha value is -1.18. The fraction of sp³-hybridized carbons (Fsp3) is 0.667. The van der Waals surface area contributed by atoms with Crippen LogP contribution in [0, 0.1) is 5.41 Å². The summed E-state index contributed by atoms with van der Waals surface area (Å²) in [6, 6.07) is 0. The molecule has 3 rings (SSSR count). The van der Waals surface area contributed by atoms with Crippen molar-refractivity contribution in [3.63, 3.8) is 0 Å². The number of nitrogens with two attached hydrogens (primary N) is 1. The van der Waals surface area contributed by atoms with Crippen molar-refractivity contribution in [2.75, 3.05) is 38.4 Å². The van der Waals surface area contributed by atoms with Gasteiger partial charge >= 0.3 is 8.60 Å². The Kier molecular flexibility index (Phi) is 9.21. The van der Waals surface area contributed by atoms with E-state index in [0.717, 1.165) is 11.8 Å². The molecule has 0 aromatic carbocycles. The van der Waals surface area contributed by atoms with Crippen molar-refractivity contribution >= 4 is 54.1 Å². The first-order valence-electron chi connectivity index (χ1n) is 9.99. The number of imidazole rings is 1. The standard InChI is InChI=1S/C18H26ClFN5O6PS/c1-18(2,8-26)16(27)33-5-4-29-32(28-3)30-7-10-6-11(20)15(31-10)25-9-22-12-13(21)23-17(19)24-14(12)25/h9-11,15,26H,4-8H2,1-3H3,(H2,21,23,24)/t10-,11-,15+,32?/m0/s1. The van der Waals surface area contributed by atoms with Crippen molar-refractivity contribution in [2.45, 2.75) is 38.8 Å². The smallest absolute Gasteiger partial charge is 0.332 e. The number of nitrogen functional groups attached to an aromatic ring is 1. The molecular formula is C18H26ClFN5O6PS. The van der Waals surface area contributed by atoms with Gasteiger partial charge in [0, 0.05) is 19.3 Å². The maximum Gasteiger partial charge on any atom is 0.332 e. The lowest BCUT2D eigenvalue weighted by Crippen LogP contribution is -2.26. The summed E-state index contributed by atoms with van der Waals surface area (Å²) in [6.45, 7) is 3.37. The van der Waals surface area contributed by atoms with E-state index in [1.54, 1.807) is 13.8 Å². The summed E-state index contributed by atoms with van der Waals surface area (Å²) < 4.78 is 38.3. The maximum atomic E-state index is 14.7. The molecule has 184 valence electrons. The molecule has 0 bridgehead atoms. The van der Waals surface area contributed by atoms with E-state index >= 15 is 0 Å². The van der Waals surface area contributed by atoms with Gasteiger partial charge in [-0.2, -0.15) is 9.97 Å². The first-order valence-corrected chi connectivity index (χ1v) is 12.5. The summed E-state index contributed by atoms with van der Waals surface area (Å²) in [5, 5.41) is 9.03. The normalized spacial score (nSPS) is 22.2. The van der Waals surface area contributed by atoms with Crippen LogP contribution in [0.4, 0.5) is 10.2 Å². The molecule has 0 spiro atoms. The molecule has 1 fully saturated rings. The van der Waals surface area contributed by atoms with Crippen LogP contribution in [0.15, 0.2) is 6.33 Å². The van der Waals surface area contributed by atoms with Crippen LogP contribution >= 0.6 is 32.0 Å². The zero-order valence-electron chi connectivity index (χ0n) is 18.3. The van der Waals surface area contributed by atoms with Crippen molar-refractivity contribution in [1.29, 1.82) is 0 Å². The lowest BCUT2D eigenvalue weighted by molar-refractivity contribution is -0.119. The number of nitrogens with zero attached hydrogens (tertiary/aromatic N) is 4. The summed E-state index contributed by atoms with van der Waals surface area (Å²) >= 11 is 6.94. The fourth-order valence-electron chi connectivity index (χ4n) is 2.94. The molecule has 3 heterocycles. The van der Waals surface area contributed by atoms with Gasteiger partial charge in [-0.3, -0.25) is 9.36 Å². The number of alkyl halides is 1. The van der Waals surface area contributed by atoms with Crippen LogP contribution in [0.3, 0.4) is 0 Å². The van der Waals surface area contributed by atoms with Gasteiger partial charge < -0.3 is 29.1 Å². The minimum atomic E-state index is -1.70. The number of carbonyl (C=O) groups excluding carboxylic acids is 1. The number of hydrogen-bond acceptors (Lipinski definition) is 11. The van der Waals surface area contributed by atoms with Crippen molar-refractivity contribution < 1.29 is 32.6 Å². The molecule has 0 aliphatic carbocycles. The van der Waals surface area contributed by atoms with Gasteiger partial charge in [-0.25, -0.2) is 9.37 Å². The quantitative estimate of drug-likeness (QED) is 0.254. The van der Waals surface area contributed by atoms with Crippen LogP contribution in [-0.4, -0.2) is 74.7 Å². The number of aliphatic hydroxyl groups is 1. The lowest BCUT2D eigenvalue weighted by Gasteiger charge is -2.20. The van der Waals surface area contributed by atoms with Gasteiger partial charge in [0.25, 0.3) is 0 Å². The van der Waals surface area contributed by atoms with E-state index < -0.39 is 32.5 Å². The van der Waals surface area contributed by atoms with E-state index in [4.69, 9.17) is 35.6 Å². The Morgan fingerprint density at radius 1 is 1.48 bits per heavy atom. The van der Waals surface area contributed by atoms with E-state index in [2.05, 4.69) is 15.0 Å². The third-order valence-electron chi connectivity index (χ3n) is 4.80. The average molecular weight is 526 g/mol. The van der Waals surface area contributed by atoms with E-state index in [-0.39, 0.29) is 48.1 Å². The summed E-state index contributed by atoms with van der Waals surface area (Å²) in [5.41, 5.74) is 5.58. The van der Waals surface area contributed by atoms with E-state index in [9.17, 15) is 14.3 Å². The molecule has 1 saturated heterocycles. The molecule has 1 aliphatic rings. The molecule has 4 atom stereocenters. The van der Waals surface area contributed by atoms with Gasteiger partial charge in [0.1, 0.15) is 11.7 Å². The van der Waals surface area contributed by atoms with E-state index in [1.165, 1.54) is 18.0 Å². The number of thioether (sulfide) groups is 1. The van der Waals surface area contributed by atoms with Gasteiger partial charge in [-0.15, -0.1) is 0 Å². The van der Waals surface area contributed by atoms with Gasteiger partial charge in [-0.1, -0.05) is 11.8 Å². The van der Waals surface area contributed by atoms with Crippen LogP contribution < -0.4 is 5.73 Å². The fourth-order valence-corrected chi connectivity index (χ4v) is 4.86. The molecule has 3 N–H and O–H groups in total. The SMILES string of the molecule is COP(OCCSC(=O)C(C)(C)CO)OC[C@@H]1C[C@H](F)[C@H](n2cnc3c(N)nc(Cl)nc32)O1. The Morgan fingerprint density at radius 3 is 2.94 bits per heavy atom. The highest BCUT2D eigenvalue weighted by Crippen LogP contribution is 2.41. The summed E-state index contributed by atoms with van der Waals surface area (Å²) in [5.74, 6) is 0.476. The second kappa shape index (κ2) is 11.5. The highest BCUT2D eigenvalue weighted by molar-refractivity contribution is 8.13. The van der Waals surface area contributed by atoms with Crippen LogP contribution in [0.1, 0.15) is 26.5 Å². The highest BCUT2D eigenvalue weighted by atomic mass is 35.5. The zero-order valence-corrected chi connectivity index (χ0v) is 20.8. The largest absolute Gasteiger partial charge is 0.395 e. The molecule has 0 radical (unpaired) electrons. The Bertz CT molecular complexity index is 972. The summed E-state index contributed by atoms with van der Waals surface area (Å²) in [7, 11) is -0.267. The summed E-state index contributed by atoms with van der Waals surface area (Å²) in [6.07, 6.45) is -1.39. The van der Waals surface area contributed by atoms with Gasteiger partial charge in [0.2, 0.25) is 5.28 Å². The number of halogens is 2. The number of aromatic nitrogens is 4. The molecule has 33 heavy (non-hydrogen) atoms. The lowest BCUT2D eigenvalue weighted by atomic mass is 9.97. The monoisotopic (exact) mass is 525 g/mol. The minimum absolute atomic E-state index is 0.0462. The van der Waals surface area contributed by atoms with Gasteiger partial charge in [-0.05, 0) is 25.4 Å². The number of fused-ring (bicyclic) bond motifs is 1. The van der Waals surface area contributed by atoms with Crippen molar-refractivity contribution in [3.05, 3.63) is 11.6 Å². The molecule has 2 aromatic rings. The number of rotatable bonds is 11. The number of carbonyl (C=O) groups is 1. The number of anilines is 1. The highest BCUT2D eigenvalue weighted by Gasteiger charge is 2.38. The minimum Gasteiger partial charge on any atom is -0.395 e. The molecule has 0 saturated carbocycles. The first-order chi connectivity index (χ1) is 15.7. The molecule has 1 unspecified atom stereocenters. The third kappa shape index (κ3) is 6.49. The van der Waals surface area contributed by atoms with Crippen LogP contribution in [0.2, 0.25) is 5.28 Å². The summed E-state index contributed by atoms with van der Waals surface area (Å²) in [4.78, 5) is 24.0. The average Bonchev–Trinajstić information content (AvgIpc) is 3.35. The number of hydrogen-bond donors (Lipinski definition) is 2. The Balaban J connectivity index is 1.49. The van der Waals surface area contributed by atoms with Crippen LogP contribution in [-0.2, 0) is 23.1 Å². The predicted octanol–water partition coefficient (Wildman–Crippen LogP) is 2.87. The predicted molar refractivity (Wildman–Crippen MR) is 122 cm³/mol. The second-order valence-electron chi connectivity index (χ2n) is 7.82. The van der Waals surface area contributed by atoms with Gasteiger partial charge in [0.05, 0.1) is 37.7 Å². The second-order valence-corrected chi connectivity index (χ2v) is 10.5. The molecule has 15 heteroatoms. The molecule has 0 amide bonds.